The first-order valence-electron chi connectivity index (χ1n) is 13.9. The van der Waals surface area contributed by atoms with Crippen LogP contribution in [0.25, 0.3) is 11.8 Å². The number of hydrogen-bond donors (Lipinski definition) is 3. The molecule has 1 unspecified atom stereocenters. The number of aromatic nitrogens is 2. The van der Waals surface area contributed by atoms with Crippen LogP contribution in [0, 0.1) is 0 Å². The van der Waals surface area contributed by atoms with E-state index in [1.165, 1.54) is 6.20 Å². The maximum absolute atomic E-state index is 12.9. The smallest absolute Gasteiger partial charge is 0.319 e. The van der Waals surface area contributed by atoms with Crippen molar-refractivity contribution in [3.63, 3.8) is 0 Å². The molecule has 0 aliphatic carbocycles. The summed E-state index contributed by atoms with van der Waals surface area (Å²) in [5.74, 6) is 1.31. The topological polar surface area (TPSA) is 122 Å². The number of urea groups is 1. The number of nitrogens with two attached hydrogens (primary N) is 1. The molecule has 1 saturated heterocycles. The standard InChI is InChI=1S/C31H46N8O2/c1-8-18-39-29(32)28(23-35-39)25(9-2)14-15-27(10-3)41-24(4)34-22-26(21-33-6)36-30(40)37-31(5)16-11-12-19-38(7)20-13-17-31/h8-10,14-15,18,21-23H,2-3,11-13,16-17,19-20,32H2,1,4-7H3,(H2,36,37,40)/b18-8-,25-14+,26-22+,27-15+,33-21?,34-24?. The summed E-state index contributed by atoms with van der Waals surface area (Å²) in [6.45, 7) is 15.5. The number of anilines is 1. The molecule has 1 aromatic heterocycles. The first-order chi connectivity index (χ1) is 19.6. The Kier molecular flexibility index (Phi) is 13.5. The Balaban J connectivity index is 2.11. The number of hydrogen-bond acceptors (Lipinski definition) is 7. The predicted molar refractivity (Wildman–Crippen MR) is 171 cm³/mol. The van der Waals surface area contributed by atoms with Crippen molar-refractivity contribution >= 4 is 35.7 Å². The number of allylic oxidation sites excluding steroid dienone is 7. The lowest BCUT2D eigenvalue weighted by molar-refractivity contribution is 0.222. The number of amides is 2. The maximum Gasteiger partial charge on any atom is 0.319 e. The molecule has 1 fully saturated rings. The summed E-state index contributed by atoms with van der Waals surface area (Å²) in [5.41, 5.74) is 7.89. The lowest BCUT2D eigenvalue weighted by Crippen LogP contribution is -2.50. The Hall–Kier alpha value is -4.18. The second-order valence-electron chi connectivity index (χ2n) is 10.2. The molecule has 2 rings (SSSR count). The largest absolute Gasteiger partial charge is 0.443 e. The number of nitrogens with one attached hydrogen (secondary N) is 2. The quantitative estimate of drug-likeness (QED) is 0.150. The summed E-state index contributed by atoms with van der Waals surface area (Å²) in [6, 6.07) is -0.286. The van der Waals surface area contributed by atoms with Crippen LogP contribution in [0.15, 0.2) is 77.4 Å². The Bertz CT molecular complexity index is 1230. The zero-order valence-corrected chi connectivity index (χ0v) is 25.2. The van der Waals surface area contributed by atoms with E-state index in [4.69, 9.17) is 10.5 Å². The highest BCUT2D eigenvalue weighted by Gasteiger charge is 2.27. The minimum Gasteiger partial charge on any atom is -0.443 e. The molecule has 2 amide bonds. The number of ether oxygens (including phenoxy) is 1. The average molecular weight is 563 g/mol. The van der Waals surface area contributed by atoms with Crippen molar-refractivity contribution in [3.05, 3.63) is 73.0 Å². The molecule has 4 N–H and O–H groups in total. The summed E-state index contributed by atoms with van der Waals surface area (Å²) < 4.78 is 7.44. The van der Waals surface area contributed by atoms with Crippen LogP contribution in [-0.4, -0.2) is 65.5 Å². The van der Waals surface area contributed by atoms with Crippen LogP contribution in [0.5, 0.6) is 0 Å². The van der Waals surface area contributed by atoms with Crippen molar-refractivity contribution in [2.24, 2.45) is 9.98 Å². The second-order valence-corrected chi connectivity index (χ2v) is 10.2. The van der Waals surface area contributed by atoms with Gasteiger partial charge in [-0.15, -0.1) is 0 Å². The predicted octanol–water partition coefficient (Wildman–Crippen LogP) is 5.53. The van der Waals surface area contributed by atoms with Gasteiger partial charge in [0.25, 0.3) is 0 Å². The second kappa shape index (κ2) is 16.8. The van der Waals surface area contributed by atoms with Crippen LogP contribution in [0.4, 0.5) is 10.6 Å². The van der Waals surface area contributed by atoms with Gasteiger partial charge in [0, 0.05) is 37.5 Å². The van der Waals surface area contributed by atoms with Gasteiger partial charge >= 0.3 is 6.03 Å². The van der Waals surface area contributed by atoms with E-state index < -0.39 is 0 Å². The molecule has 222 valence electrons. The van der Waals surface area contributed by atoms with E-state index in [0.717, 1.165) is 56.3 Å². The molecule has 1 aromatic rings. The highest BCUT2D eigenvalue weighted by atomic mass is 16.5. The van der Waals surface area contributed by atoms with Gasteiger partial charge < -0.3 is 26.0 Å². The van der Waals surface area contributed by atoms with Crippen molar-refractivity contribution in [2.45, 2.75) is 58.4 Å². The third-order valence-corrected chi connectivity index (χ3v) is 6.66. The van der Waals surface area contributed by atoms with Gasteiger partial charge in [-0.25, -0.2) is 14.5 Å². The van der Waals surface area contributed by atoms with Crippen molar-refractivity contribution in [1.29, 1.82) is 0 Å². The summed E-state index contributed by atoms with van der Waals surface area (Å²) in [5, 5.41) is 10.3. The molecule has 0 saturated carbocycles. The lowest BCUT2D eigenvalue weighted by Gasteiger charge is -2.31. The number of carbonyl (C=O) groups is 1. The number of rotatable bonds is 10. The molecular weight excluding hydrogens is 516 g/mol. The zero-order chi connectivity index (χ0) is 30.3. The molecule has 1 atom stereocenters. The Morgan fingerprint density at radius 2 is 1.93 bits per heavy atom. The van der Waals surface area contributed by atoms with Gasteiger partial charge in [-0.2, -0.15) is 5.10 Å². The van der Waals surface area contributed by atoms with Crippen molar-refractivity contribution in [1.82, 2.24) is 25.3 Å². The first-order valence-corrected chi connectivity index (χ1v) is 13.9. The molecule has 0 aromatic carbocycles. The van der Waals surface area contributed by atoms with E-state index in [1.807, 2.05) is 19.1 Å². The third-order valence-electron chi connectivity index (χ3n) is 6.66. The zero-order valence-electron chi connectivity index (χ0n) is 25.2. The molecule has 1 aliphatic rings. The van der Waals surface area contributed by atoms with Crippen molar-refractivity contribution in [3.8, 4) is 0 Å². The van der Waals surface area contributed by atoms with Gasteiger partial charge in [-0.3, -0.25) is 4.99 Å². The molecule has 2 heterocycles. The first kappa shape index (κ1) is 33.0. The monoisotopic (exact) mass is 562 g/mol. The highest BCUT2D eigenvalue weighted by molar-refractivity contribution is 5.88. The summed E-state index contributed by atoms with van der Waals surface area (Å²) in [6.07, 6.45) is 20.2. The van der Waals surface area contributed by atoms with Crippen LogP contribution < -0.4 is 16.4 Å². The van der Waals surface area contributed by atoms with Crippen LogP contribution in [0.2, 0.25) is 0 Å². The molecule has 0 bridgehead atoms. The molecular formula is C31H46N8O2. The van der Waals surface area contributed by atoms with Crippen molar-refractivity contribution < 1.29 is 9.53 Å². The summed E-state index contributed by atoms with van der Waals surface area (Å²) in [7, 11) is 3.78. The van der Waals surface area contributed by atoms with E-state index in [9.17, 15) is 4.79 Å². The minimum atomic E-state index is -0.286. The lowest BCUT2D eigenvalue weighted by atomic mass is 9.90. The Morgan fingerprint density at radius 3 is 2.61 bits per heavy atom. The fourth-order valence-corrected chi connectivity index (χ4v) is 4.47. The number of nitrogens with zero attached hydrogens (tertiary/aromatic N) is 5. The Labute approximate surface area is 244 Å². The van der Waals surface area contributed by atoms with E-state index in [2.05, 4.69) is 57.7 Å². The van der Waals surface area contributed by atoms with Gasteiger partial charge in [-0.05, 0) is 83.8 Å². The molecule has 0 spiro atoms. The molecule has 10 heteroatoms. The van der Waals surface area contributed by atoms with Crippen LogP contribution >= 0.6 is 0 Å². The fraction of sp³-hybridized carbons (Fsp3) is 0.419. The number of carbonyl (C=O) groups excluding carboxylic acids is 1. The van der Waals surface area contributed by atoms with E-state index in [1.54, 1.807) is 55.5 Å². The van der Waals surface area contributed by atoms with Gasteiger partial charge in [0.15, 0.2) is 5.90 Å². The molecule has 1 aliphatic heterocycles. The minimum absolute atomic E-state index is 0.274. The normalized spacial score (nSPS) is 20.4. The highest BCUT2D eigenvalue weighted by Crippen LogP contribution is 2.24. The van der Waals surface area contributed by atoms with Crippen LogP contribution in [0.3, 0.4) is 0 Å². The van der Waals surface area contributed by atoms with Gasteiger partial charge in [-0.1, -0.05) is 31.4 Å². The summed E-state index contributed by atoms with van der Waals surface area (Å²) in [4.78, 5) is 23.7. The van der Waals surface area contributed by atoms with Crippen LogP contribution in [0.1, 0.15) is 58.4 Å². The van der Waals surface area contributed by atoms with E-state index >= 15 is 0 Å². The van der Waals surface area contributed by atoms with Gasteiger partial charge in [0.1, 0.15) is 11.6 Å². The van der Waals surface area contributed by atoms with Crippen LogP contribution in [-0.2, 0) is 4.74 Å². The SMILES string of the molecule is C=C/C(=C\C=C(/C=C)c1cnn(/C=C\C)c1N)OC(C)=N/C=C(\C=NC)NC(=O)NC1(C)CCCCN(C)CCC1. The van der Waals surface area contributed by atoms with Gasteiger partial charge in [0.2, 0.25) is 0 Å². The molecule has 41 heavy (non-hydrogen) atoms. The number of aliphatic imine (C=N–C) groups is 2. The summed E-state index contributed by atoms with van der Waals surface area (Å²) >= 11 is 0. The van der Waals surface area contributed by atoms with E-state index in [0.29, 0.717) is 23.2 Å². The average Bonchev–Trinajstić information content (AvgIpc) is 3.32. The Morgan fingerprint density at radius 1 is 1.20 bits per heavy atom. The van der Waals surface area contributed by atoms with E-state index in [-0.39, 0.29) is 11.6 Å². The van der Waals surface area contributed by atoms with Gasteiger partial charge in [0.05, 0.1) is 18.1 Å². The maximum atomic E-state index is 12.9. The third kappa shape index (κ3) is 11.1. The molecule has 10 nitrogen and oxygen atoms in total. The van der Waals surface area contributed by atoms with Crippen molar-refractivity contribution in [2.75, 3.05) is 32.9 Å². The number of nitrogen functional groups attached to an aromatic ring is 1. The molecule has 0 radical (unpaired) electrons. The fourth-order valence-electron chi connectivity index (χ4n) is 4.47.